The maximum absolute atomic E-state index is 12.1. The van der Waals surface area contributed by atoms with Crippen LogP contribution in [0.25, 0.3) is 0 Å². The van der Waals surface area contributed by atoms with Crippen LogP contribution in [0, 0.1) is 0 Å². The van der Waals surface area contributed by atoms with Crippen molar-refractivity contribution in [3.63, 3.8) is 0 Å². The number of hydrogen-bond acceptors (Lipinski definition) is 6. The van der Waals surface area contributed by atoms with Gasteiger partial charge in [-0.3, -0.25) is 19.3 Å². The maximum Gasteiger partial charge on any atom is 0.240 e. The van der Waals surface area contributed by atoms with Crippen LogP contribution in [0.1, 0.15) is 23.3 Å². The molecule has 0 aliphatic carbocycles. The Balaban J connectivity index is 1.69. The summed E-state index contributed by atoms with van der Waals surface area (Å²) in [7, 11) is 0. The topological polar surface area (TPSA) is 99.9 Å². The lowest BCUT2D eigenvalue weighted by atomic mass is 9.94. The number of nitrogens with one attached hydrogen (secondary N) is 1. The van der Waals surface area contributed by atoms with Crippen LogP contribution >= 0.6 is 11.3 Å². The fourth-order valence-electron chi connectivity index (χ4n) is 2.57. The van der Waals surface area contributed by atoms with Crippen molar-refractivity contribution in [2.75, 3.05) is 13.1 Å². The molecule has 3 rings (SSSR count). The average Bonchev–Trinajstić information content (AvgIpc) is 3.31. The monoisotopic (exact) mass is 348 g/mol. The zero-order valence-corrected chi connectivity index (χ0v) is 13.5. The van der Waals surface area contributed by atoms with Crippen LogP contribution in [-0.2, 0) is 20.0 Å². The van der Waals surface area contributed by atoms with Crippen LogP contribution in [0.15, 0.2) is 40.5 Å². The van der Waals surface area contributed by atoms with E-state index in [1.54, 1.807) is 18.2 Å². The molecule has 0 unspecified atom stereocenters. The molecule has 0 bridgehead atoms. The molecule has 0 spiro atoms. The number of nitrogens with zero attached hydrogens (tertiary/aromatic N) is 1. The van der Waals surface area contributed by atoms with Gasteiger partial charge >= 0.3 is 0 Å². The van der Waals surface area contributed by atoms with Gasteiger partial charge in [0.25, 0.3) is 0 Å². The summed E-state index contributed by atoms with van der Waals surface area (Å²) in [5, 5.41) is 15.5. The van der Waals surface area contributed by atoms with Gasteiger partial charge in [-0.25, -0.2) is 0 Å². The molecule has 1 atom stereocenters. The second-order valence-corrected chi connectivity index (χ2v) is 6.45. The van der Waals surface area contributed by atoms with Gasteiger partial charge in [-0.15, -0.1) is 11.3 Å². The third-order valence-corrected chi connectivity index (χ3v) is 4.95. The Kier molecular flexibility index (Phi) is 4.50. The zero-order valence-electron chi connectivity index (χ0n) is 12.7. The van der Waals surface area contributed by atoms with E-state index in [2.05, 4.69) is 5.32 Å². The smallest absolute Gasteiger partial charge is 0.240 e. The number of likely N-dealkylation sites (tertiary alicyclic amines) is 1. The lowest BCUT2D eigenvalue weighted by Gasteiger charge is -2.26. The maximum atomic E-state index is 12.1. The predicted octanol–water partition coefficient (Wildman–Crippen LogP) is 0.842. The van der Waals surface area contributed by atoms with E-state index in [1.165, 1.54) is 23.9 Å². The molecule has 0 aromatic carbocycles. The number of imide groups is 1. The first-order valence-electron chi connectivity index (χ1n) is 7.39. The molecule has 2 aromatic rings. The molecule has 0 radical (unpaired) electrons. The first-order chi connectivity index (χ1) is 11.5. The van der Waals surface area contributed by atoms with Gasteiger partial charge in [0, 0.05) is 23.3 Å². The van der Waals surface area contributed by atoms with Crippen molar-refractivity contribution in [2.45, 2.75) is 18.4 Å². The normalized spacial score (nSPS) is 17.1. The third-order valence-electron chi connectivity index (χ3n) is 3.93. The quantitative estimate of drug-likeness (QED) is 0.754. The average molecular weight is 348 g/mol. The van der Waals surface area contributed by atoms with E-state index in [0.29, 0.717) is 10.4 Å². The fraction of sp³-hybridized carbons (Fsp3) is 0.312. The standard InChI is InChI=1S/C16H16N2O5S/c19-13(8-18-14(20)3-4-15(18)21)17-10-16(22,11-5-6-23-9-11)12-2-1-7-24-12/h1-2,5-7,9,22H,3-4,8,10H2,(H,17,19)/t16-/m0/s1. The molecule has 8 heteroatoms. The van der Waals surface area contributed by atoms with Crippen molar-refractivity contribution in [1.29, 1.82) is 0 Å². The van der Waals surface area contributed by atoms with Gasteiger partial charge in [0.05, 0.1) is 19.1 Å². The highest BCUT2D eigenvalue weighted by atomic mass is 32.1. The summed E-state index contributed by atoms with van der Waals surface area (Å²) in [6.45, 7) is -0.425. The summed E-state index contributed by atoms with van der Waals surface area (Å²) in [5.74, 6) is -1.20. The largest absolute Gasteiger partial charge is 0.472 e. The second kappa shape index (κ2) is 6.58. The molecular formula is C16H16N2O5S. The molecule has 0 saturated carbocycles. The summed E-state index contributed by atoms with van der Waals surface area (Å²) >= 11 is 1.35. The number of carbonyl (C=O) groups is 3. The van der Waals surface area contributed by atoms with E-state index < -0.39 is 11.5 Å². The van der Waals surface area contributed by atoms with E-state index in [4.69, 9.17) is 4.42 Å². The number of aliphatic hydroxyl groups is 1. The molecule has 126 valence electrons. The number of thiophene rings is 1. The Morgan fingerprint density at radius 3 is 2.67 bits per heavy atom. The van der Waals surface area contributed by atoms with Gasteiger partial charge in [0.2, 0.25) is 17.7 Å². The molecule has 24 heavy (non-hydrogen) atoms. The van der Waals surface area contributed by atoms with E-state index in [9.17, 15) is 19.5 Å². The highest BCUT2D eigenvalue weighted by Crippen LogP contribution is 2.32. The second-order valence-electron chi connectivity index (χ2n) is 5.50. The van der Waals surface area contributed by atoms with Crippen molar-refractivity contribution in [1.82, 2.24) is 10.2 Å². The lowest BCUT2D eigenvalue weighted by Crippen LogP contribution is -2.45. The van der Waals surface area contributed by atoms with Crippen LogP contribution in [0.3, 0.4) is 0 Å². The summed E-state index contributed by atoms with van der Waals surface area (Å²) in [6.07, 6.45) is 3.14. The van der Waals surface area contributed by atoms with E-state index in [-0.39, 0.29) is 37.7 Å². The van der Waals surface area contributed by atoms with E-state index in [0.717, 1.165) is 4.90 Å². The molecule has 2 N–H and O–H groups in total. The molecule has 1 aliphatic rings. The van der Waals surface area contributed by atoms with Gasteiger partial charge in [0.1, 0.15) is 12.1 Å². The minimum Gasteiger partial charge on any atom is -0.472 e. The van der Waals surface area contributed by atoms with Crippen molar-refractivity contribution in [3.8, 4) is 0 Å². The fourth-order valence-corrected chi connectivity index (χ4v) is 3.42. The number of carbonyl (C=O) groups excluding carboxylic acids is 3. The SMILES string of the molecule is O=C(CN1C(=O)CCC1=O)NC[C@](O)(c1ccoc1)c1cccs1. The molecule has 2 aromatic heterocycles. The highest BCUT2D eigenvalue weighted by molar-refractivity contribution is 7.10. The van der Waals surface area contributed by atoms with Crippen LogP contribution in [0.2, 0.25) is 0 Å². The van der Waals surface area contributed by atoms with Crippen molar-refractivity contribution >= 4 is 29.1 Å². The van der Waals surface area contributed by atoms with E-state index in [1.807, 2.05) is 5.38 Å². The summed E-state index contributed by atoms with van der Waals surface area (Å²) in [6, 6.07) is 5.19. The molecule has 1 saturated heterocycles. The molecule has 7 nitrogen and oxygen atoms in total. The first kappa shape index (κ1) is 16.4. The van der Waals surface area contributed by atoms with Gasteiger partial charge in [0.15, 0.2) is 0 Å². The molecule has 3 heterocycles. The number of hydrogen-bond donors (Lipinski definition) is 2. The van der Waals surface area contributed by atoms with Crippen LogP contribution < -0.4 is 5.32 Å². The van der Waals surface area contributed by atoms with Crippen molar-refractivity contribution in [3.05, 3.63) is 46.5 Å². The number of furan rings is 1. The number of amides is 3. The van der Waals surface area contributed by atoms with Crippen molar-refractivity contribution < 1.29 is 23.9 Å². The van der Waals surface area contributed by atoms with Gasteiger partial charge in [-0.05, 0) is 17.5 Å². The minimum atomic E-state index is -1.43. The molecular weight excluding hydrogens is 332 g/mol. The van der Waals surface area contributed by atoms with Gasteiger partial charge < -0.3 is 14.8 Å². The Hall–Kier alpha value is -2.45. The summed E-state index contributed by atoms with van der Waals surface area (Å²) in [4.78, 5) is 36.8. The van der Waals surface area contributed by atoms with Crippen LogP contribution in [0.4, 0.5) is 0 Å². The third kappa shape index (κ3) is 3.10. The molecule has 1 aliphatic heterocycles. The number of rotatable bonds is 6. The van der Waals surface area contributed by atoms with Gasteiger partial charge in [-0.1, -0.05) is 6.07 Å². The van der Waals surface area contributed by atoms with Crippen molar-refractivity contribution in [2.24, 2.45) is 0 Å². The Bertz CT molecular complexity index is 688. The van der Waals surface area contributed by atoms with Gasteiger partial charge in [-0.2, -0.15) is 0 Å². The van der Waals surface area contributed by atoms with Crippen LogP contribution in [0.5, 0.6) is 0 Å². The first-order valence-corrected chi connectivity index (χ1v) is 8.27. The van der Waals surface area contributed by atoms with E-state index >= 15 is 0 Å². The lowest BCUT2D eigenvalue weighted by molar-refractivity contribution is -0.142. The minimum absolute atomic E-state index is 0.0951. The molecule has 3 amide bonds. The van der Waals surface area contributed by atoms with Crippen LogP contribution in [-0.4, -0.2) is 40.8 Å². The Morgan fingerprint density at radius 1 is 1.33 bits per heavy atom. The zero-order chi connectivity index (χ0) is 17.2. The summed E-state index contributed by atoms with van der Waals surface area (Å²) in [5.41, 5.74) is -0.922. The molecule has 1 fully saturated rings. The Labute approximate surface area is 141 Å². The highest BCUT2D eigenvalue weighted by Gasteiger charge is 2.35. The predicted molar refractivity (Wildman–Crippen MR) is 85.0 cm³/mol. The summed E-state index contributed by atoms with van der Waals surface area (Å²) < 4.78 is 5.04. The Morgan fingerprint density at radius 2 is 2.08 bits per heavy atom.